The van der Waals surface area contributed by atoms with Crippen LogP contribution in [0.1, 0.15) is 175 Å². The number of carbonyl (C=O) groups is 2. The molecule has 0 spiro atoms. The molecule has 11 nitrogen and oxygen atoms in total. The maximum Gasteiger partial charge on any atom is 0.202 e. The van der Waals surface area contributed by atoms with Crippen molar-refractivity contribution in [1.82, 2.24) is 0 Å². The largest absolute Gasteiger partial charge is 0.393 e. The van der Waals surface area contributed by atoms with Gasteiger partial charge < -0.3 is 15.3 Å². The van der Waals surface area contributed by atoms with E-state index in [1.165, 1.54) is 11.6 Å². The zero-order chi connectivity index (χ0) is 62.5. The van der Waals surface area contributed by atoms with Gasteiger partial charge in [0.1, 0.15) is 0 Å². The Kier molecular flexibility index (Phi) is 26.7. The Morgan fingerprint density at radius 3 is 1.48 bits per heavy atom. The Hall–Kier alpha value is -4.05. The van der Waals surface area contributed by atoms with Crippen LogP contribution >= 0.6 is 0 Å². The van der Waals surface area contributed by atoms with E-state index in [2.05, 4.69) is 68.4 Å². The van der Waals surface area contributed by atoms with E-state index >= 15 is 0 Å². The number of rotatable bonds is 11. The van der Waals surface area contributed by atoms with Crippen molar-refractivity contribution >= 4 is 41.1 Å². The van der Waals surface area contributed by atoms with E-state index in [0.29, 0.717) is 80.0 Å². The average Bonchev–Trinajstić information content (AvgIpc) is 1.52. The third-order valence-electron chi connectivity index (χ3n) is 19.2. The van der Waals surface area contributed by atoms with Gasteiger partial charge in [0.2, 0.25) is 9.84 Å². The van der Waals surface area contributed by atoms with Gasteiger partial charge in [0, 0.05) is 18.8 Å². The number of ketones is 2. The molecule has 2 fully saturated rings. The number of Topliss-reactive ketones (excluding diaryl/α,β-unsaturated/α-hetero) is 2. The molecule has 0 radical (unpaired) electrons. The van der Waals surface area contributed by atoms with E-state index < -0.39 is 57.8 Å². The molecule has 0 aromatic heterocycles. The summed E-state index contributed by atoms with van der Waals surface area (Å²) < 4.78 is 76.8. The third-order valence-corrected chi connectivity index (χ3v) is 26.3. The molecule has 14 heteroatoms. The smallest absolute Gasteiger partial charge is 0.202 e. The predicted molar refractivity (Wildman–Crippen MR) is 337 cm³/mol. The molecule has 83 heavy (non-hydrogen) atoms. The van der Waals surface area contributed by atoms with Crippen LogP contribution in [0.15, 0.2) is 139 Å². The van der Waals surface area contributed by atoms with Crippen molar-refractivity contribution in [2.24, 2.45) is 71.0 Å². The lowest BCUT2D eigenvalue weighted by Crippen LogP contribution is -2.56. The van der Waals surface area contributed by atoms with Crippen molar-refractivity contribution < 1.29 is 50.2 Å². The van der Waals surface area contributed by atoms with Gasteiger partial charge >= 0.3 is 0 Å². The molecule has 5 aliphatic carbocycles. The van der Waals surface area contributed by atoms with E-state index in [9.17, 15) is 50.2 Å². The number of aliphatic hydroxyl groups excluding tert-OH is 3. The van der Waals surface area contributed by atoms with Crippen LogP contribution in [-0.4, -0.2) is 80.4 Å². The standard InChI is InChI=1S/C17H26O3S.C16H24O3S.C15H20O3S.C11H18O.C10H16O/c1-12(2)15-10-11-16(18)13(3)17(15,4)21(19,20)14-8-6-5-7-9-14;1-11(2)14-9-10-15(17)12(3)16(14)20(18,19)13-7-5-4-6-8-13;1-11(2)14-9-8-12(16)10-15(14)19(17,18)13-6-4-3-5-7-13;1-7(2)10-5-6-11(12)9(4)8(10)3;1-7(2)9-4-5-10(11)8(3)6-9/h5-9,12-13,15-16,18H,10-11H2,1-4H3;4-8,11-12,14-17H,9-10H2,1-3H3;3-7,10-12,14,16H,8-9H2,1-2H3;7,10H,5-6H2,1-4H3;6-7,9H,4-5H2,1-3H3/t13?,15-,16+,17?;12?,14-,15+,16?;12-,14+;10-;9-/m11010/s1. The summed E-state index contributed by atoms with van der Waals surface area (Å²) in [7, 11) is -10.4. The number of hydrogen-bond acceptors (Lipinski definition) is 11. The quantitative estimate of drug-likeness (QED) is 0.165. The van der Waals surface area contributed by atoms with Crippen LogP contribution in [0.2, 0.25) is 0 Å². The number of benzene rings is 3. The molecule has 0 aliphatic heterocycles. The fourth-order valence-electron chi connectivity index (χ4n) is 13.4. The summed E-state index contributed by atoms with van der Waals surface area (Å²) in [5.41, 5.74) is 3.30. The van der Waals surface area contributed by atoms with Crippen molar-refractivity contribution in [2.75, 3.05) is 0 Å². The Bertz CT molecular complexity index is 3000. The van der Waals surface area contributed by atoms with Gasteiger partial charge in [0.25, 0.3) is 0 Å². The number of carbonyl (C=O) groups excluding carboxylic acids is 2. The number of sulfone groups is 3. The normalized spacial score (nSPS) is 28.8. The van der Waals surface area contributed by atoms with Crippen LogP contribution in [0.4, 0.5) is 0 Å². The first kappa shape index (κ1) is 71.4. The fourth-order valence-corrected chi connectivity index (χ4v) is 20.3. The highest BCUT2D eigenvalue weighted by Gasteiger charge is 2.55. The van der Waals surface area contributed by atoms with Crippen molar-refractivity contribution in [1.29, 1.82) is 0 Å². The molecule has 4 unspecified atom stereocenters. The van der Waals surface area contributed by atoms with Gasteiger partial charge in [-0.05, 0) is 198 Å². The molecule has 464 valence electrons. The molecule has 0 amide bonds. The molecule has 3 aromatic carbocycles. The van der Waals surface area contributed by atoms with Crippen molar-refractivity contribution in [2.45, 2.75) is 218 Å². The summed E-state index contributed by atoms with van der Waals surface area (Å²) in [4.78, 5) is 23.8. The molecule has 12 atom stereocenters. The van der Waals surface area contributed by atoms with Crippen molar-refractivity contribution in [3.8, 4) is 0 Å². The highest BCUT2D eigenvalue weighted by Crippen LogP contribution is 2.49. The van der Waals surface area contributed by atoms with Crippen LogP contribution in [0, 0.1) is 71.0 Å². The second-order valence-electron chi connectivity index (χ2n) is 26.2. The van der Waals surface area contributed by atoms with Crippen LogP contribution in [0.3, 0.4) is 0 Å². The minimum absolute atomic E-state index is 0.00592. The number of hydrogen-bond donors (Lipinski definition) is 3. The number of aliphatic hydroxyl groups is 3. The maximum atomic E-state index is 13.3. The summed E-state index contributed by atoms with van der Waals surface area (Å²) in [6.45, 7) is 32.8. The highest BCUT2D eigenvalue weighted by atomic mass is 32.2. The number of allylic oxidation sites excluding steroid dienone is 5. The molecule has 3 aromatic rings. The first-order chi connectivity index (χ1) is 38.6. The van der Waals surface area contributed by atoms with Crippen molar-refractivity contribution in [3.63, 3.8) is 0 Å². The van der Waals surface area contributed by atoms with E-state index in [4.69, 9.17) is 0 Å². The molecular weight excluding hydrogens is 1100 g/mol. The Balaban J connectivity index is 0.000000227. The third kappa shape index (κ3) is 17.6. The zero-order valence-corrected chi connectivity index (χ0v) is 55.4. The topological polar surface area (TPSA) is 197 Å². The molecule has 0 saturated heterocycles. The Morgan fingerprint density at radius 1 is 0.506 bits per heavy atom. The Morgan fingerprint density at radius 2 is 1.00 bits per heavy atom. The fraction of sp³-hybridized carbons (Fsp3) is 0.623. The van der Waals surface area contributed by atoms with Crippen LogP contribution in [-0.2, 0) is 39.1 Å². The zero-order valence-electron chi connectivity index (χ0n) is 53.0. The lowest BCUT2D eigenvalue weighted by atomic mass is 9.67. The molecular formula is C69H104O11S3. The summed E-state index contributed by atoms with van der Waals surface area (Å²) in [5, 5.41) is 29.6. The van der Waals surface area contributed by atoms with Gasteiger partial charge in [-0.15, -0.1) is 0 Å². The second kappa shape index (κ2) is 31.0. The monoisotopic (exact) mass is 1200 g/mol. The molecule has 0 heterocycles. The summed E-state index contributed by atoms with van der Waals surface area (Å²) in [5.74, 6) is 3.79. The van der Waals surface area contributed by atoms with Gasteiger partial charge in [-0.2, -0.15) is 0 Å². The molecule has 5 aliphatic rings. The van der Waals surface area contributed by atoms with Crippen LogP contribution in [0.25, 0.3) is 0 Å². The Labute approximate surface area is 502 Å². The summed E-state index contributed by atoms with van der Waals surface area (Å²) >= 11 is 0. The van der Waals surface area contributed by atoms with E-state index in [-0.39, 0.29) is 41.4 Å². The maximum absolute atomic E-state index is 13.3. The summed E-state index contributed by atoms with van der Waals surface area (Å²) in [6.07, 6.45) is 9.83. The first-order valence-electron chi connectivity index (χ1n) is 30.7. The first-order valence-corrected chi connectivity index (χ1v) is 35.2. The predicted octanol–water partition coefficient (Wildman–Crippen LogP) is 14.5. The lowest BCUT2D eigenvalue weighted by Gasteiger charge is -2.49. The van der Waals surface area contributed by atoms with Crippen LogP contribution in [0.5, 0.6) is 0 Å². The molecule has 8 rings (SSSR count). The van der Waals surface area contributed by atoms with Gasteiger partial charge in [0.05, 0.1) is 47.9 Å². The minimum atomic E-state index is -3.50. The van der Waals surface area contributed by atoms with Crippen LogP contribution < -0.4 is 0 Å². The molecule has 3 N–H and O–H groups in total. The lowest BCUT2D eigenvalue weighted by molar-refractivity contribution is -0.117. The average molecular weight is 1210 g/mol. The van der Waals surface area contributed by atoms with E-state index in [1.54, 1.807) is 78.9 Å². The molecule has 2 saturated carbocycles. The minimum Gasteiger partial charge on any atom is -0.393 e. The van der Waals surface area contributed by atoms with Gasteiger partial charge in [-0.25, -0.2) is 25.3 Å². The highest BCUT2D eigenvalue weighted by molar-refractivity contribution is 7.95. The summed E-state index contributed by atoms with van der Waals surface area (Å²) in [6, 6.07) is 25.7. The second-order valence-corrected chi connectivity index (χ2v) is 32.7. The van der Waals surface area contributed by atoms with Gasteiger partial charge in [0.15, 0.2) is 31.2 Å². The van der Waals surface area contributed by atoms with E-state index in [0.717, 1.165) is 56.1 Å². The van der Waals surface area contributed by atoms with Crippen molar-refractivity contribution in [3.05, 3.63) is 125 Å². The molecule has 0 bridgehead atoms. The van der Waals surface area contributed by atoms with Gasteiger partial charge in [-0.1, -0.05) is 149 Å². The van der Waals surface area contributed by atoms with E-state index in [1.807, 2.05) is 60.6 Å². The van der Waals surface area contributed by atoms with Gasteiger partial charge in [-0.3, -0.25) is 9.59 Å². The SMILES string of the molecule is CC(C)[C@H]1CC[C@H](O)C(C)C1(C)S(=O)(=O)c1ccccc1.CC(C)[C@H]1CC[C@H](O)C(C)C1S(=O)(=O)c1ccccc1.CC(C)[C@H]1CC[C@H](O)C=C1S(=O)(=O)c1ccccc1.CC1=C(C)[C@@H](C(C)C)CCC1=O.CC1=C[C@@H](C(C)C)CCC1=O.